The fourth-order valence-electron chi connectivity index (χ4n) is 2.66. The zero-order valence-electron chi connectivity index (χ0n) is 12.1. The summed E-state index contributed by atoms with van der Waals surface area (Å²) in [5, 5.41) is 13.1. The number of phenols is 1. The summed E-state index contributed by atoms with van der Waals surface area (Å²) in [6.45, 7) is 3.47. The topological polar surface area (TPSA) is 35.5 Å². The number of nitrogens with one attached hydrogen (secondary N) is 1. The quantitative estimate of drug-likeness (QED) is 0.828. The van der Waals surface area contributed by atoms with Crippen molar-refractivity contribution in [1.29, 1.82) is 0 Å². The standard InChI is InChI=1S/C14H18F4N2O.ClH/c1-9-6-10(15)7-11(13(9)21)12(8-14(16,17)18)20-4-2-19-3-5-20;/h6-7,12,19,21H,2-5,8H2,1H3;1H/t12-;/m0./s1. The van der Waals surface area contributed by atoms with Gasteiger partial charge in [0.1, 0.15) is 11.6 Å². The number of alkyl halides is 3. The summed E-state index contributed by atoms with van der Waals surface area (Å²) >= 11 is 0. The van der Waals surface area contributed by atoms with Crippen molar-refractivity contribution >= 4 is 12.4 Å². The summed E-state index contributed by atoms with van der Waals surface area (Å²) in [7, 11) is 0. The maximum Gasteiger partial charge on any atom is 0.390 e. The Morgan fingerprint density at radius 3 is 2.41 bits per heavy atom. The molecule has 1 aliphatic rings. The first-order valence-corrected chi connectivity index (χ1v) is 6.78. The molecule has 1 heterocycles. The van der Waals surface area contributed by atoms with Gasteiger partial charge in [0.2, 0.25) is 0 Å². The number of hydrogen-bond donors (Lipinski definition) is 2. The molecule has 3 nitrogen and oxygen atoms in total. The largest absolute Gasteiger partial charge is 0.507 e. The van der Waals surface area contributed by atoms with E-state index >= 15 is 0 Å². The predicted octanol–water partition coefficient (Wildman–Crippen LogP) is 3.16. The van der Waals surface area contributed by atoms with E-state index in [1.54, 1.807) is 4.90 Å². The number of benzene rings is 1. The maximum absolute atomic E-state index is 13.5. The Hall–Kier alpha value is -1.05. The molecule has 126 valence electrons. The molecule has 1 fully saturated rings. The van der Waals surface area contributed by atoms with Gasteiger partial charge in [-0.15, -0.1) is 12.4 Å². The molecule has 0 spiro atoms. The van der Waals surface area contributed by atoms with Crippen LogP contribution >= 0.6 is 12.4 Å². The summed E-state index contributed by atoms with van der Waals surface area (Å²) in [5.41, 5.74) is 0.249. The summed E-state index contributed by atoms with van der Waals surface area (Å²) in [5.74, 6) is -0.896. The molecule has 2 N–H and O–H groups in total. The first kappa shape index (κ1) is 19.0. The first-order valence-electron chi connectivity index (χ1n) is 6.78. The second-order valence-corrected chi connectivity index (χ2v) is 5.28. The Morgan fingerprint density at radius 2 is 1.86 bits per heavy atom. The van der Waals surface area contributed by atoms with Crippen LogP contribution < -0.4 is 5.32 Å². The summed E-state index contributed by atoms with van der Waals surface area (Å²) < 4.78 is 52.1. The Morgan fingerprint density at radius 1 is 1.27 bits per heavy atom. The van der Waals surface area contributed by atoms with Crippen molar-refractivity contribution in [1.82, 2.24) is 10.2 Å². The minimum Gasteiger partial charge on any atom is -0.507 e. The lowest BCUT2D eigenvalue weighted by Crippen LogP contribution is -2.46. The molecule has 0 saturated carbocycles. The van der Waals surface area contributed by atoms with Crippen molar-refractivity contribution < 1.29 is 22.7 Å². The zero-order valence-corrected chi connectivity index (χ0v) is 12.9. The van der Waals surface area contributed by atoms with Crippen LogP contribution in [0.15, 0.2) is 12.1 Å². The molecule has 22 heavy (non-hydrogen) atoms. The van der Waals surface area contributed by atoms with Crippen molar-refractivity contribution in [2.45, 2.75) is 25.6 Å². The monoisotopic (exact) mass is 342 g/mol. The smallest absolute Gasteiger partial charge is 0.390 e. The average molecular weight is 343 g/mol. The van der Waals surface area contributed by atoms with Crippen LogP contribution in [0.4, 0.5) is 17.6 Å². The van der Waals surface area contributed by atoms with Gasteiger partial charge in [0.15, 0.2) is 0 Å². The number of halogens is 5. The second kappa shape index (κ2) is 7.48. The molecule has 1 aromatic rings. The van der Waals surface area contributed by atoms with Gasteiger partial charge in [-0.05, 0) is 24.6 Å². The molecule has 0 amide bonds. The van der Waals surface area contributed by atoms with Crippen molar-refractivity contribution in [3.63, 3.8) is 0 Å². The summed E-state index contributed by atoms with van der Waals surface area (Å²) in [6, 6.07) is 1.05. The highest BCUT2D eigenvalue weighted by molar-refractivity contribution is 5.85. The molecule has 1 aromatic carbocycles. The molecule has 0 bridgehead atoms. The van der Waals surface area contributed by atoms with Gasteiger partial charge in [-0.25, -0.2) is 4.39 Å². The van der Waals surface area contributed by atoms with E-state index in [0.717, 1.165) is 12.1 Å². The van der Waals surface area contributed by atoms with E-state index in [1.807, 2.05) is 0 Å². The Bertz CT molecular complexity index is 504. The second-order valence-electron chi connectivity index (χ2n) is 5.28. The van der Waals surface area contributed by atoms with Crippen molar-refractivity contribution in [2.75, 3.05) is 26.2 Å². The number of piperazine rings is 1. The number of aryl methyl sites for hydroxylation is 1. The van der Waals surface area contributed by atoms with Gasteiger partial charge in [0.25, 0.3) is 0 Å². The Kier molecular flexibility index (Phi) is 6.46. The molecule has 1 saturated heterocycles. The Balaban J connectivity index is 0.00000242. The zero-order chi connectivity index (χ0) is 15.6. The van der Waals surface area contributed by atoms with E-state index < -0.39 is 24.5 Å². The van der Waals surface area contributed by atoms with E-state index in [2.05, 4.69) is 5.32 Å². The molecule has 2 rings (SSSR count). The van der Waals surface area contributed by atoms with E-state index in [0.29, 0.717) is 26.2 Å². The highest BCUT2D eigenvalue weighted by Crippen LogP contribution is 2.39. The van der Waals surface area contributed by atoms with Gasteiger partial charge in [-0.1, -0.05) is 0 Å². The van der Waals surface area contributed by atoms with Crippen LogP contribution in [0.2, 0.25) is 0 Å². The SMILES string of the molecule is Cc1cc(F)cc([C@H](CC(F)(F)F)N2CCNCC2)c1O.Cl. The molecule has 0 aliphatic carbocycles. The number of rotatable bonds is 3. The summed E-state index contributed by atoms with van der Waals surface area (Å²) in [6.07, 6.45) is -5.49. The van der Waals surface area contributed by atoms with Gasteiger partial charge >= 0.3 is 6.18 Å². The van der Waals surface area contributed by atoms with E-state index in [-0.39, 0.29) is 29.3 Å². The lowest BCUT2D eigenvalue weighted by molar-refractivity contribution is -0.148. The number of nitrogens with zero attached hydrogens (tertiary/aromatic N) is 1. The predicted molar refractivity (Wildman–Crippen MR) is 77.9 cm³/mol. The number of aromatic hydroxyl groups is 1. The lowest BCUT2D eigenvalue weighted by atomic mass is 9.97. The number of phenolic OH excluding ortho intramolecular Hbond substituents is 1. The van der Waals surface area contributed by atoms with Crippen molar-refractivity contribution in [2.24, 2.45) is 0 Å². The van der Waals surface area contributed by atoms with E-state index in [4.69, 9.17) is 0 Å². The molecule has 0 radical (unpaired) electrons. The van der Waals surface area contributed by atoms with Crippen LogP contribution in [0.1, 0.15) is 23.6 Å². The normalized spacial score (nSPS) is 17.9. The molecule has 8 heteroatoms. The third kappa shape index (κ3) is 4.72. The molecule has 1 atom stereocenters. The van der Waals surface area contributed by atoms with Crippen LogP contribution in [0.3, 0.4) is 0 Å². The third-order valence-corrected chi connectivity index (χ3v) is 3.67. The van der Waals surface area contributed by atoms with Crippen LogP contribution in [0.5, 0.6) is 5.75 Å². The highest BCUT2D eigenvalue weighted by atomic mass is 35.5. The minimum atomic E-state index is -4.39. The third-order valence-electron chi connectivity index (χ3n) is 3.67. The number of hydrogen-bond acceptors (Lipinski definition) is 3. The van der Waals surface area contributed by atoms with Crippen LogP contribution in [0.25, 0.3) is 0 Å². The van der Waals surface area contributed by atoms with E-state index in [1.165, 1.54) is 6.92 Å². The van der Waals surface area contributed by atoms with Gasteiger partial charge in [0, 0.05) is 37.8 Å². The lowest BCUT2D eigenvalue weighted by Gasteiger charge is -2.36. The van der Waals surface area contributed by atoms with Crippen molar-refractivity contribution in [3.05, 3.63) is 29.1 Å². The molecule has 1 aliphatic heterocycles. The van der Waals surface area contributed by atoms with Gasteiger partial charge in [-0.2, -0.15) is 13.2 Å². The fraction of sp³-hybridized carbons (Fsp3) is 0.571. The summed E-state index contributed by atoms with van der Waals surface area (Å²) in [4.78, 5) is 1.64. The molecular formula is C14H19ClF4N2O. The van der Waals surface area contributed by atoms with Crippen LogP contribution in [-0.4, -0.2) is 42.4 Å². The van der Waals surface area contributed by atoms with Crippen LogP contribution in [-0.2, 0) is 0 Å². The Labute approximate surface area is 132 Å². The first-order chi connectivity index (χ1) is 9.78. The fourth-order valence-corrected chi connectivity index (χ4v) is 2.66. The van der Waals surface area contributed by atoms with Gasteiger partial charge < -0.3 is 10.4 Å². The molecular weight excluding hydrogens is 324 g/mol. The van der Waals surface area contributed by atoms with Crippen LogP contribution in [0, 0.1) is 12.7 Å². The highest BCUT2D eigenvalue weighted by Gasteiger charge is 2.37. The van der Waals surface area contributed by atoms with Gasteiger partial charge in [-0.3, -0.25) is 4.90 Å². The van der Waals surface area contributed by atoms with Gasteiger partial charge in [0.05, 0.1) is 6.42 Å². The average Bonchev–Trinajstić information content (AvgIpc) is 2.40. The molecule has 0 unspecified atom stereocenters. The maximum atomic E-state index is 13.5. The minimum absolute atomic E-state index is 0. The van der Waals surface area contributed by atoms with Crippen molar-refractivity contribution in [3.8, 4) is 5.75 Å². The molecule has 0 aromatic heterocycles. The van der Waals surface area contributed by atoms with E-state index in [9.17, 15) is 22.7 Å².